The summed E-state index contributed by atoms with van der Waals surface area (Å²) in [4.78, 5) is 41.9. The van der Waals surface area contributed by atoms with Crippen molar-refractivity contribution in [1.29, 1.82) is 0 Å². The number of carbonyl (C=O) groups is 3. The molecule has 0 atom stereocenters. The standard InChI is InChI=1S/C28H31ClFN3O4/c1-31(2)28(36)26(34)23-17-33(12-13-37-3)25-16-24(29)22(15-21(23)25)27(35)32-10-8-19(9-11-32)14-18-4-6-20(30)7-5-18/h4-7,15-17,19H,8-14H2,1-3H3. The van der Waals surface area contributed by atoms with Gasteiger partial charge < -0.3 is 19.1 Å². The summed E-state index contributed by atoms with van der Waals surface area (Å²) in [5, 5.41) is 0.802. The van der Waals surface area contributed by atoms with Gasteiger partial charge in [-0.05, 0) is 55.0 Å². The minimum absolute atomic E-state index is 0.200. The summed E-state index contributed by atoms with van der Waals surface area (Å²) in [5.41, 5.74) is 2.28. The molecule has 0 aliphatic carbocycles. The molecule has 0 bridgehead atoms. The number of carbonyl (C=O) groups excluding carboxylic acids is 3. The number of ketones is 1. The van der Waals surface area contributed by atoms with Crippen LogP contribution in [0.1, 0.15) is 39.1 Å². The molecule has 0 spiro atoms. The van der Waals surface area contributed by atoms with Gasteiger partial charge in [0.05, 0.1) is 28.3 Å². The van der Waals surface area contributed by atoms with Gasteiger partial charge in [0.1, 0.15) is 5.82 Å². The van der Waals surface area contributed by atoms with Crippen LogP contribution in [-0.4, -0.2) is 72.9 Å². The Balaban J connectivity index is 1.57. The molecule has 2 heterocycles. The number of likely N-dealkylation sites (tertiary alicyclic amines) is 1. The Kier molecular flexibility index (Phi) is 8.29. The lowest BCUT2D eigenvalue weighted by Gasteiger charge is -2.32. The van der Waals surface area contributed by atoms with Crippen molar-refractivity contribution in [1.82, 2.24) is 14.4 Å². The minimum Gasteiger partial charge on any atom is -0.383 e. The van der Waals surface area contributed by atoms with Crippen LogP contribution >= 0.6 is 11.6 Å². The number of methoxy groups -OCH3 is 1. The van der Waals surface area contributed by atoms with E-state index >= 15 is 0 Å². The number of likely N-dealkylation sites (N-methyl/N-ethyl adjacent to an activating group) is 1. The number of ether oxygens (including phenoxy) is 1. The summed E-state index contributed by atoms with van der Waals surface area (Å²) in [6, 6.07) is 9.86. The second kappa shape index (κ2) is 11.4. The third-order valence-electron chi connectivity index (χ3n) is 6.92. The number of hydrogen-bond acceptors (Lipinski definition) is 4. The Bertz CT molecular complexity index is 1310. The zero-order valence-corrected chi connectivity index (χ0v) is 22.1. The van der Waals surface area contributed by atoms with Crippen molar-refractivity contribution in [2.45, 2.75) is 25.8 Å². The molecule has 2 aromatic carbocycles. The molecule has 196 valence electrons. The fourth-order valence-corrected chi connectivity index (χ4v) is 5.05. The average Bonchev–Trinajstić information content (AvgIpc) is 3.24. The maximum Gasteiger partial charge on any atom is 0.294 e. The molecule has 37 heavy (non-hydrogen) atoms. The van der Waals surface area contributed by atoms with E-state index < -0.39 is 11.7 Å². The van der Waals surface area contributed by atoms with Gasteiger partial charge in [-0.25, -0.2) is 4.39 Å². The molecule has 1 saturated heterocycles. The average molecular weight is 528 g/mol. The number of fused-ring (bicyclic) bond motifs is 1. The summed E-state index contributed by atoms with van der Waals surface area (Å²) in [6.07, 6.45) is 4.13. The molecule has 1 aliphatic rings. The largest absolute Gasteiger partial charge is 0.383 e. The van der Waals surface area contributed by atoms with Gasteiger partial charge in [-0.3, -0.25) is 14.4 Å². The van der Waals surface area contributed by atoms with Gasteiger partial charge >= 0.3 is 0 Å². The highest BCUT2D eigenvalue weighted by Crippen LogP contribution is 2.31. The van der Waals surface area contributed by atoms with E-state index in [1.807, 2.05) is 4.57 Å². The van der Waals surface area contributed by atoms with Gasteiger partial charge in [-0.2, -0.15) is 0 Å². The molecule has 1 aliphatic heterocycles. The van der Waals surface area contributed by atoms with Crippen molar-refractivity contribution >= 4 is 40.1 Å². The molecular weight excluding hydrogens is 497 g/mol. The van der Waals surface area contributed by atoms with Gasteiger partial charge in [0.25, 0.3) is 17.6 Å². The van der Waals surface area contributed by atoms with E-state index in [-0.39, 0.29) is 17.3 Å². The number of halogens is 2. The van der Waals surface area contributed by atoms with Crippen LogP contribution < -0.4 is 0 Å². The molecule has 0 radical (unpaired) electrons. The number of aromatic nitrogens is 1. The first-order valence-corrected chi connectivity index (χ1v) is 12.7. The monoisotopic (exact) mass is 527 g/mol. The lowest BCUT2D eigenvalue weighted by atomic mass is 9.90. The zero-order chi connectivity index (χ0) is 26.7. The number of Topliss-reactive ketones (excluding diaryl/α,β-unsaturated/α-hetero) is 1. The van der Waals surface area contributed by atoms with Crippen LogP contribution in [0.5, 0.6) is 0 Å². The van der Waals surface area contributed by atoms with Crippen molar-refractivity contribution in [2.75, 3.05) is 40.9 Å². The number of amides is 2. The zero-order valence-electron chi connectivity index (χ0n) is 21.3. The number of rotatable bonds is 8. The highest BCUT2D eigenvalue weighted by atomic mass is 35.5. The van der Waals surface area contributed by atoms with Gasteiger partial charge in [0.2, 0.25) is 0 Å². The number of nitrogens with zero attached hydrogens (tertiary/aromatic N) is 3. The predicted molar refractivity (Wildman–Crippen MR) is 141 cm³/mol. The number of hydrogen-bond donors (Lipinski definition) is 0. The Morgan fingerprint density at radius 2 is 1.76 bits per heavy atom. The van der Waals surface area contributed by atoms with Crippen molar-refractivity contribution in [3.63, 3.8) is 0 Å². The van der Waals surface area contributed by atoms with Gasteiger partial charge in [-0.15, -0.1) is 0 Å². The first-order valence-electron chi connectivity index (χ1n) is 12.3. The smallest absolute Gasteiger partial charge is 0.294 e. The van der Waals surface area contributed by atoms with E-state index in [0.29, 0.717) is 53.6 Å². The lowest BCUT2D eigenvalue weighted by Crippen LogP contribution is -2.39. The highest BCUT2D eigenvalue weighted by molar-refractivity contribution is 6.45. The van der Waals surface area contributed by atoms with Crippen LogP contribution in [0.3, 0.4) is 0 Å². The third-order valence-corrected chi connectivity index (χ3v) is 7.23. The third kappa shape index (κ3) is 5.86. The van der Waals surface area contributed by atoms with Crippen molar-refractivity contribution in [3.05, 3.63) is 70.1 Å². The van der Waals surface area contributed by atoms with Crippen molar-refractivity contribution in [3.8, 4) is 0 Å². The van der Waals surface area contributed by atoms with Gasteiger partial charge in [-0.1, -0.05) is 23.7 Å². The molecule has 9 heteroatoms. The molecule has 0 saturated carbocycles. The van der Waals surface area contributed by atoms with E-state index in [4.69, 9.17) is 16.3 Å². The summed E-state index contributed by atoms with van der Waals surface area (Å²) < 4.78 is 20.2. The second-order valence-corrected chi connectivity index (χ2v) is 10.1. The van der Waals surface area contributed by atoms with Crippen LogP contribution in [0.15, 0.2) is 42.6 Å². The van der Waals surface area contributed by atoms with Gasteiger partial charge in [0, 0.05) is 52.4 Å². The molecule has 4 rings (SSSR count). The van der Waals surface area contributed by atoms with E-state index in [1.54, 1.807) is 42.5 Å². The Morgan fingerprint density at radius 3 is 2.38 bits per heavy atom. The minimum atomic E-state index is -0.645. The normalized spacial score (nSPS) is 14.2. The number of piperidine rings is 1. The van der Waals surface area contributed by atoms with Crippen molar-refractivity contribution < 1.29 is 23.5 Å². The highest BCUT2D eigenvalue weighted by Gasteiger charge is 2.28. The van der Waals surface area contributed by atoms with Gasteiger partial charge in [0.15, 0.2) is 0 Å². The summed E-state index contributed by atoms with van der Waals surface area (Å²) in [7, 11) is 4.63. The number of benzene rings is 2. The van der Waals surface area contributed by atoms with Crippen LogP contribution in [-0.2, 0) is 22.5 Å². The SMILES string of the molecule is COCCn1cc(C(=O)C(=O)N(C)C)c2cc(C(=O)N3CCC(Cc4ccc(F)cc4)CC3)c(Cl)cc21. The summed E-state index contributed by atoms with van der Waals surface area (Å²) in [6.45, 7) is 2.03. The second-order valence-electron chi connectivity index (χ2n) is 9.67. The first-order chi connectivity index (χ1) is 17.7. The first kappa shape index (κ1) is 26.8. The predicted octanol–water partition coefficient (Wildman–Crippen LogP) is 4.45. The van der Waals surface area contributed by atoms with E-state index in [0.717, 1.165) is 24.8 Å². The molecule has 2 amide bonds. The van der Waals surface area contributed by atoms with Crippen LogP contribution in [0.25, 0.3) is 10.9 Å². The Hall–Kier alpha value is -3.23. The molecule has 3 aromatic rings. The summed E-state index contributed by atoms with van der Waals surface area (Å²) >= 11 is 6.59. The molecule has 0 unspecified atom stereocenters. The summed E-state index contributed by atoms with van der Waals surface area (Å²) in [5.74, 6) is -1.33. The fourth-order valence-electron chi connectivity index (χ4n) is 4.81. The molecule has 0 N–H and O–H groups in total. The van der Waals surface area contributed by atoms with E-state index in [2.05, 4.69) is 0 Å². The van der Waals surface area contributed by atoms with Crippen LogP contribution in [0.2, 0.25) is 5.02 Å². The molecule has 1 fully saturated rings. The molecule has 7 nitrogen and oxygen atoms in total. The topological polar surface area (TPSA) is 71.8 Å². The van der Waals surface area contributed by atoms with E-state index in [1.165, 1.54) is 31.1 Å². The maximum absolute atomic E-state index is 13.5. The Morgan fingerprint density at radius 1 is 1.08 bits per heavy atom. The maximum atomic E-state index is 13.5. The quantitative estimate of drug-likeness (QED) is 0.320. The van der Waals surface area contributed by atoms with Crippen LogP contribution in [0.4, 0.5) is 4.39 Å². The Labute approximate surface area is 220 Å². The fraction of sp³-hybridized carbons (Fsp3) is 0.393. The van der Waals surface area contributed by atoms with Crippen LogP contribution in [0, 0.1) is 11.7 Å². The van der Waals surface area contributed by atoms with E-state index in [9.17, 15) is 18.8 Å². The molecule has 1 aromatic heterocycles. The van der Waals surface area contributed by atoms with Crippen molar-refractivity contribution in [2.24, 2.45) is 5.92 Å². The molecular formula is C28H31ClFN3O4. The lowest BCUT2D eigenvalue weighted by molar-refractivity contribution is -0.124.